The van der Waals surface area contributed by atoms with Crippen LogP contribution in [0.3, 0.4) is 0 Å². The standard InChI is InChI=1S/C16H29N3OS/c1-4-8-17-14(11-13-6-9-21-10-7-13)16-15(20-3)12-18-19(16)5-2/h12-14,17H,4-11H2,1-3H3. The summed E-state index contributed by atoms with van der Waals surface area (Å²) in [6.07, 6.45) is 6.90. The van der Waals surface area contributed by atoms with Gasteiger partial charge in [0.1, 0.15) is 0 Å². The zero-order valence-corrected chi connectivity index (χ0v) is 14.4. The summed E-state index contributed by atoms with van der Waals surface area (Å²) in [6, 6.07) is 0.357. The summed E-state index contributed by atoms with van der Waals surface area (Å²) in [5, 5.41) is 8.20. The molecule has 0 radical (unpaired) electrons. The molecule has 1 aliphatic heterocycles. The number of methoxy groups -OCH3 is 1. The average molecular weight is 311 g/mol. The first kappa shape index (κ1) is 16.7. The van der Waals surface area contributed by atoms with Gasteiger partial charge in [0.2, 0.25) is 0 Å². The molecule has 1 fully saturated rings. The molecule has 1 saturated heterocycles. The maximum absolute atomic E-state index is 5.55. The number of hydrogen-bond donors (Lipinski definition) is 1. The van der Waals surface area contributed by atoms with Crippen molar-refractivity contribution >= 4 is 11.8 Å². The van der Waals surface area contributed by atoms with Gasteiger partial charge in [0.05, 0.1) is 25.0 Å². The van der Waals surface area contributed by atoms with Crippen LogP contribution >= 0.6 is 11.8 Å². The maximum atomic E-state index is 5.55. The SMILES string of the molecule is CCCNC(CC1CCSCC1)c1c(OC)cnn1CC. The Kier molecular flexibility index (Phi) is 6.90. The van der Waals surface area contributed by atoms with Crippen molar-refractivity contribution in [2.24, 2.45) is 5.92 Å². The number of nitrogens with one attached hydrogen (secondary N) is 1. The summed E-state index contributed by atoms with van der Waals surface area (Å²) in [4.78, 5) is 0. The third-order valence-corrected chi connectivity index (χ3v) is 5.29. The number of nitrogens with zero attached hydrogens (tertiary/aromatic N) is 2. The van der Waals surface area contributed by atoms with Gasteiger partial charge < -0.3 is 10.1 Å². The van der Waals surface area contributed by atoms with Gasteiger partial charge in [-0.1, -0.05) is 6.92 Å². The summed E-state index contributed by atoms with van der Waals surface area (Å²) >= 11 is 2.09. The van der Waals surface area contributed by atoms with E-state index < -0.39 is 0 Å². The highest BCUT2D eigenvalue weighted by Gasteiger charge is 2.25. The molecule has 120 valence electrons. The number of aromatic nitrogens is 2. The van der Waals surface area contributed by atoms with Crippen molar-refractivity contribution in [3.63, 3.8) is 0 Å². The Labute approximate surface area is 133 Å². The molecule has 2 heterocycles. The largest absolute Gasteiger partial charge is 0.493 e. The molecule has 0 spiro atoms. The smallest absolute Gasteiger partial charge is 0.161 e. The molecule has 1 aliphatic rings. The lowest BCUT2D eigenvalue weighted by molar-refractivity contribution is 0.339. The second-order valence-corrected chi connectivity index (χ2v) is 6.94. The molecule has 1 unspecified atom stereocenters. The van der Waals surface area contributed by atoms with Gasteiger partial charge in [0.25, 0.3) is 0 Å². The second-order valence-electron chi connectivity index (χ2n) is 5.71. The molecule has 1 aromatic heterocycles. The Hall–Kier alpha value is -0.680. The summed E-state index contributed by atoms with van der Waals surface area (Å²) < 4.78 is 7.64. The molecule has 0 saturated carbocycles. The zero-order chi connectivity index (χ0) is 15.1. The van der Waals surface area contributed by atoms with Crippen molar-refractivity contribution in [1.29, 1.82) is 0 Å². The molecule has 1 atom stereocenters. The molecule has 5 heteroatoms. The van der Waals surface area contributed by atoms with E-state index in [0.29, 0.717) is 6.04 Å². The fraction of sp³-hybridized carbons (Fsp3) is 0.812. The molecule has 0 amide bonds. The van der Waals surface area contributed by atoms with Crippen molar-refractivity contribution < 1.29 is 4.74 Å². The van der Waals surface area contributed by atoms with Crippen molar-refractivity contribution in [2.75, 3.05) is 25.2 Å². The van der Waals surface area contributed by atoms with E-state index in [4.69, 9.17) is 4.74 Å². The van der Waals surface area contributed by atoms with E-state index in [0.717, 1.165) is 31.2 Å². The molecular weight excluding hydrogens is 282 g/mol. The summed E-state index contributed by atoms with van der Waals surface area (Å²) in [6.45, 7) is 6.30. The van der Waals surface area contributed by atoms with Gasteiger partial charge in [-0.2, -0.15) is 16.9 Å². The molecule has 0 aromatic carbocycles. The number of aryl methyl sites for hydroxylation is 1. The van der Waals surface area contributed by atoms with Crippen LogP contribution in [0, 0.1) is 5.92 Å². The van der Waals surface area contributed by atoms with Crippen molar-refractivity contribution in [2.45, 2.75) is 52.1 Å². The minimum Gasteiger partial charge on any atom is -0.493 e. The molecule has 0 aliphatic carbocycles. The van der Waals surface area contributed by atoms with Gasteiger partial charge in [-0.15, -0.1) is 0 Å². The molecule has 1 N–H and O–H groups in total. The molecule has 1 aromatic rings. The van der Waals surface area contributed by atoms with Crippen LogP contribution in [0.15, 0.2) is 6.20 Å². The lowest BCUT2D eigenvalue weighted by Crippen LogP contribution is -2.28. The zero-order valence-electron chi connectivity index (χ0n) is 13.6. The molecule has 4 nitrogen and oxygen atoms in total. The van der Waals surface area contributed by atoms with E-state index in [2.05, 4.69) is 40.7 Å². The van der Waals surface area contributed by atoms with E-state index >= 15 is 0 Å². The van der Waals surface area contributed by atoms with E-state index in [1.165, 1.54) is 36.5 Å². The van der Waals surface area contributed by atoms with E-state index in [1.807, 2.05) is 6.20 Å². The minimum atomic E-state index is 0.357. The first-order valence-corrected chi connectivity index (χ1v) is 9.36. The lowest BCUT2D eigenvalue weighted by atomic mass is 9.92. The van der Waals surface area contributed by atoms with E-state index in [-0.39, 0.29) is 0 Å². The monoisotopic (exact) mass is 311 g/mol. The van der Waals surface area contributed by atoms with Gasteiger partial charge in [0, 0.05) is 6.54 Å². The van der Waals surface area contributed by atoms with Crippen LogP contribution in [0.5, 0.6) is 5.75 Å². The van der Waals surface area contributed by atoms with Crippen LogP contribution in [0.25, 0.3) is 0 Å². The van der Waals surface area contributed by atoms with Crippen LogP contribution in [-0.2, 0) is 6.54 Å². The predicted molar refractivity (Wildman–Crippen MR) is 90.2 cm³/mol. The Morgan fingerprint density at radius 3 is 2.81 bits per heavy atom. The average Bonchev–Trinajstić information content (AvgIpc) is 2.95. The summed E-state index contributed by atoms with van der Waals surface area (Å²) in [7, 11) is 1.74. The third-order valence-electron chi connectivity index (χ3n) is 4.25. The minimum absolute atomic E-state index is 0.357. The topological polar surface area (TPSA) is 39.1 Å². The molecule has 0 bridgehead atoms. The van der Waals surface area contributed by atoms with Gasteiger partial charge >= 0.3 is 0 Å². The van der Waals surface area contributed by atoms with Gasteiger partial charge in [-0.3, -0.25) is 4.68 Å². The van der Waals surface area contributed by atoms with Crippen molar-refractivity contribution in [3.05, 3.63) is 11.9 Å². The van der Waals surface area contributed by atoms with Crippen LogP contribution < -0.4 is 10.1 Å². The number of hydrogen-bond acceptors (Lipinski definition) is 4. The Balaban J connectivity index is 2.15. The van der Waals surface area contributed by atoms with Crippen molar-refractivity contribution in [3.8, 4) is 5.75 Å². The van der Waals surface area contributed by atoms with E-state index in [1.54, 1.807) is 7.11 Å². The van der Waals surface area contributed by atoms with Gasteiger partial charge in [0.15, 0.2) is 5.75 Å². The summed E-state index contributed by atoms with van der Waals surface area (Å²) in [5.74, 6) is 4.38. The summed E-state index contributed by atoms with van der Waals surface area (Å²) in [5.41, 5.74) is 1.23. The number of thioether (sulfide) groups is 1. The number of ether oxygens (including phenoxy) is 1. The quantitative estimate of drug-likeness (QED) is 0.798. The van der Waals surface area contributed by atoms with Crippen LogP contribution in [0.1, 0.15) is 51.3 Å². The second kappa shape index (κ2) is 8.69. The highest BCUT2D eigenvalue weighted by molar-refractivity contribution is 7.99. The van der Waals surface area contributed by atoms with Crippen molar-refractivity contribution in [1.82, 2.24) is 15.1 Å². The normalized spacial score (nSPS) is 17.9. The van der Waals surface area contributed by atoms with Crippen LogP contribution in [-0.4, -0.2) is 34.9 Å². The Bertz CT molecular complexity index is 394. The highest BCUT2D eigenvalue weighted by Crippen LogP contribution is 2.34. The van der Waals surface area contributed by atoms with Crippen LogP contribution in [0.4, 0.5) is 0 Å². The highest BCUT2D eigenvalue weighted by atomic mass is 32.2. The van der Waals surface area contributed by atoms with Gasteiger partial charge in [-0.25, -0.2) is 0 Å². The Morgan fingerprint density at radius 2 is 2.19 bits per heavy atom. The predicted octanol–water partition coefficient (Wildman–Crippen LogP) is 3.49. The van der Waals surface area contributed by atoms with Gasteiger partial charge in [-0.05, 0) is 56.6 Å². The van der Waals surface area contributed by atoms with E-state index in [9.17, 15) is 0 Å². The third kappa shape index (κ3) is 4.39. The fourth-order valence-corrected chi connectivity index (χ4v) is 4.27. The number of rotatable bonds is 8. The van der Waals surface area contributed by atoms with Crippen LogP contribution in [0.2, 0.25) is 0 Å². The fourth-order valence-electron chi connectivity index (χ4n) is 3.06. The first-order chi connectivity index (χ1) is 10.3. The molecule has 2 rings (SSSR count). The Morgan fingerprint density at radius 1 is 1.43 bits per heavy atom. The molecular formula is C16H29N3OS. The lowest BCUT2D eigenvalue weighted by Gasteiger charge is -2.28. The molecule has 21 heavy (non-hydrogen) atoms. The maximum Gasteiger partial charge on any atom is 0.161 e. The first-order valence-electron chi connectivity index (χ1n) is 8.20.